The Morgan fingerprint density at radius 1 is 0.673 bits per heavy atom. The van der Waals surface area contributed by atoms with E-state index >= 15 is 0 Å². The molecule has 4 aromatic carbocycles. The van der Waals surface area contributed by atoms with Crippen LogP contribution >= 0.6 is 0 Å². The van der Waals surface area contributed by atoms with E-state index in [1.807, 2.05) is 12.1 Å². The third kappa shape index (κ3) is 5.71. The monoisotopic (exact) mass is 762 g/mol. The molecule has 4 aliphatic rings. The van der Waals surface area contributed by atoms with E-state index in [1.165, 1.54) is 72.4 Å². The van der Waals surface area contributed by atoms with Crippen LogP contribution in [-0.4, -0.2) is 3.71 Å². The van der Waals surface area contributed by atoms with Gasteiger partial charge in [-0.05, 0) is 0 Å². The standard InChI is InChI=1S/C25H25.C13H13.C7H5F.2ClH.Zr/c1-14-12-24(3,4)22-8-16-7-17-9-23-19(15(2)13-25(23,5)6)11-21(17)20(16)10-18(14)22;1-10-8-11(2)13(9-10)12-6-4-3-5-7-12;1-6-2-4-7(8)5-3-6;;;/h7-13H,1-6H3;3-7,9-10H,1-2H3;1-5H;2*1H;/q;;;;;+2/p-2. The summed E-state index contributed by atoms with van der Waals surface area (Å²) in [4.78, 5) is 0. The molecule has 0 N–H and O–H groups in total. The van der Waals surface area contributed by atoms with Crippen molar-refractivity contribution in [3.63, 3.8) is 0 Å². The topological polar surface area (TPSA) is 0 Å². The van der Waals surface area contributed by atoms with Crippen molar-refractivity contribution < 1.29 is 50.5 Å². The quantitative estimate of drug-likeness (QED) is 0.248. The third-order valence-electron chi connectivity index (χ3n) is 11.3. The molecule has 0 saturated heterocycles. The van der Waals surface area contributed by atoms with Crippen molar-refractivity contribution in [2.24, 2.45) is 5.92 Å². The molecule has 0 saturated carbocycles. The van der Waals surface area contributed by atoms with Crippen molar-refractivity contribution in [3.05, 3.63) is 156 Å². The van der Waals surface area contributed by atoms with Crippen molar-refractivity contribution in [3.8, 4) is 11.1 Å². The molecule has 0 aromatic heterocycles. The zero-order valence-corrected chi connectivity index (χ0v) is 33.6. The predicted molar refractivity (Wildman–Crippen MR) is 195 cm³/mol. The minimum atomic E-state index is -2.81. The summed E-state index contributed by atoms with van der Waals surface area (Å²) in [6, 6.07) is 28.4. The molecule has 1 atom stereocenters. The van der Waals surface area contributed by atoms with E-state index in [1.54, 1.807) is 15.4 Å². The molecule has 4 aromatic rings. The van der Waals surface area contributed by atoms with E-state index in [2.05, 4.69) is 132 Å². The largest absolute Gasteiger partial charge is 1.00 e. The van der Waals surface area contributed by atoms with Gasteiger partial charge in [-0.25, -0.2) is 0 Å². The van der Waals surface area contributed by atoms with Gasteiger partial charge in [-0.2, -0.15) is 0 Å². The first kappa shape index (κ1) is 35.9. The van der Waals surface area contributed by atoms with Crippen LogP contribution in [0, 0.1) is 11.7 Å². The van der Waals surface area contributed by atoms with Gasteiger partial charge in [0.1, 0.15) is 0 Å². The average molecular weight is 765 g/mol. The number of halogens is 3. The molecule has 0 aliphatic heterocycles. The fourth-order valence-electron chi connectivity index (χ4n) is 9.20. The molecule has 0 spiro atoms. The van der Waals surface area contributed by atoms with E-state index in [0.29, 0.717) is 9.54 Å². The molecule has 4 aliphatic carbocycles. The van der Waals surface area contributed by atoms with Gasteiger partial charge in [0.15, 0.2) is 0 Å². The number of hydrogen-bond donors (Lipinski definition) is 0. The van der Waals surface area contributed by atoms with E-state index in [0.717, 1.165) is 5.56 Å². The minimum absolute atomic E-state index is 0. The molecule has 4 heteroatoms. The maximum absolute atomic E-state index is 14.2. The predicted octanol–water partition coefficient (Wildman–Crippen LogP) is 5.77. The molecule has 0 nitrogen and oxygen atoms in total. The smallest absolute Gasteiger partial charge is 1.00 e. The number of hydrogen-bond acceptors (Lipinski definition) is 0. The molecule has 0 heterocycles. The Hall–Kier alpha value is -2.90. The molecule has 1 unspecified atom stereocenters. The Labute approximate surface area is 311 Å². The van der Waals surface area contributed by atoms with Gasteiger partial charge < -0.3 is 24.8 Å². The van der Waals surface area contributed by atoms with Crippen LogP contribution in [0.2, 0.25) is 0 Å². The van der Waals surface area contributed by atoms with Crippen LogP contribution < -0.4 is 24.8 Å². The summed E-state index contributed by atoms with van der Waals surface area (Å²) in [6.45, 7) is 18.8. The van der Waals surface area contributed by atoms with Crippen molar-refractivity contribution in [2.75, 3.05) is 0 Å². The summed E-state index contributed by atoms with van der Waals surface area (Å²) in [6.07, 6.45) is 7.41. The van der Waals surface area contributed by atoms with Crippen molar-refractivity contribution in [2.45, 2.75) is 69.8 Å². The molecule has 0 bridgehead atoms. The van der Waals surface area contributed by atoms with E-state index < -0.39 is 21.3 Å². The van der Waals surface area contributed by atoms with Crippen LogP contribution in [0.25, 0.3) is 27.8 Å². The van der Waals surface area contributed by atoms with Crippen molar-refractivity contribution in [1.82, 2.24) is 0 Å². The molecule has 0 radical (unpaired) electrons. The van der Waals surface area contributed by atoms with Gasteiger partial charge in [0.25, 0.3) is 0 Å². The Morgan fingerprint density at radius 3 is 1.69 bits per heavy atom. The second-order valence-electron chi connectivity index (χ2n) is 15.4. The van der Waals surface area contributed by atoms with Gasteiger partial charge in [-0.3, -0.25) is 0 Å². The second-order valence-corrected chi connectivity index (χ2v) is 21.1. The van der Waals surface area contributed by atoms with Crippen LogP contribution in [0.1, 0.15) is 104 Å². The average Bonchev–Trinajstić information content (AvgIpc) is 3.66. The van der Waals surface area contributed by atoms with Gasteiger partial charge >= 0.3 is 289 Å². The normalized spacial score (nSPS) is 19.3. The van der Waals surface area contributed by atoms with Crippen molar-refractivity contribution in [1.29, 1.82) is 0 Å². The van der Waals surface area contributed by atoms with Crippen LogP contribution in [0.3, 0.4) is 0 Å². The molecular weight excluding hydrogens is 722 g/mol. The van der Waals surface area contributed by atoms with Gasteiger partial charge in [0.05, 0.1) is 0 Å². The molecule has 0 fully saturated rings. The summed E-state index contributed by atoms with van der Waals surface area (Å²) in [5.41, 5.74) is 19.6. The van der Waals surface area contributed by atoms with Gasteiger partial charge in [-0.1, -0.05) is 0 Å². The first-order valence-corrected chi connectivity index (χ1v) is 21.1. The van der Waals surface area contributed by atoms with Gasteiger partial charge in [-0.15, -0.1) is 0 Å². The fourth-order valence-corrected chi connectivity index (χ4v) is 17.8. The molecular formula is C45H43Cl2FZr. The SMILES string of the molecule is CC1=CC(C)(C)c2cc3c(cc21)-c1cc2c(cc1[CH]3/[Zr+2](=[CH]/c1ccc(F)cc1)[C]1=C(C)C(c3ccccc3)=CC1C)C(C)(C)C=C2C.[Cl-].[Cl-]. The Morgan fingerprint density at radius 2 is 1.18 bits per heavy atom. The first-order valence-electron chi connectivity index (χ1n) is 17.1. The van der Waals surface area contributed by atoms with Crippen molar-refractivity contribution >= 4 is 20.4 Å². The number of allylic oxidation sites excluding steroid dienone is 8. The second kappa shape index (κ2) is 12.7. The molecule has 248 valence electrons. The zero-order chi connectivity index (χ0) is 33.0. The van der Waals surface area contributed by atoms with Crippen LogP contribution in [0.4, 0.5) is 4.39 Å². The third-order valence-corrected chi connectivity index (χ3v) is 19.5. The Kier molecular flexibility index (Phi) is 9.31. The molecule has 49 heavy (non-hydrogen) atoms. The fraction of sp³-hybridized carbons (Fsp3) is 0.267. The zero-order valence-electron chi connectivity index (χ0n) is 29.6. The maximum Gasteiger partial charge on any atom is -1.00 e. The summed E-state index contributed by atoms with van der Waals surface area (Å²) >= 11 is -2.81. The number of rotatable bonds is 4. The molecule has 0 amide bonds. The van der Waals surface area contributed by atoms with Gasteiger partial charge in [0.2, 0.25) is 0 Å². The summed E-state index contributed by atoms with van der Waals surface area (Å²) in [5.74, 6) is 0.177. The van der Waals surface area contributed by atoms with E-state index in [-0.39, 0.29) is 41.5 Å². The van der Waals surface area contributed by atoms with Crippen LogP contribution in [-0.2, 0) is 32.1 Å². The van der Waals surface area contributed by atoms with Crippen LogP contribution in [0.5, 0.6) is 0 Å². The maximum atomic E-state index is 14.2. The Balaban J connectivity index is 0.00000208. The Bertz CT molecular complexity index is 2090. The van der Waals surface area contributed by atoms with E-state index in [4.69, 9.17) is 0 Å². The summed E-state index contributed by atoms with van der Waals surface area (Å²) < 4.78 is 18.8. The minimum Gasteiger partial charge on any atom is -1.00 e. The van der Waals surface area contributed by atoms with E-state index in [9.17, 15) is 4.39 Å². The summed E-state index contributed by atoms with van der Waals surface area (Å²) in [5, 5.41) is 0. The number of fused-ring (bicyclic) bond motifs is 5. The number of benzene rings is 4. The van der Waals surface area contributed by atoms with Crippen LogP contribution in [0.15, 0.2) is 106 Å². The van der Waals surface area contributed by atoms with Gasteiger partial charge in [0, 0.05) is 0 Å². The molecule has 8 rings (SSSR count). The first-order chi connectivity index (χ1) is 22.3. The summed E-state index contributed by atoms with van der Waals surface area (Å²) in [7, 11) is 0.